The van der Waals surface area contributed by atoms with E-state index in [0.717, 1.165) is 66.8 Å². The van der Waals surface area contributed by atoms with Crippen LogP contribution in [0.5, 0.6) is 0 Å². The van der Waals surface area contributed by atoms with Crippen LogP contribution in [0.1, 0.15) is 52.2 Å². The Bertz CT molecular complexity index is 3620. The Balaban J connectivity index is 1.23. The molecule has 5 nitrogen and oxygen atoms in total. The van der Waals surface area contributed by atoms with Gasteiger partial charge < -0.3 is 4.57 Å². The summed E-state index contributed by atoms with van der Waals surface area (Å²) in [6.45, 7) is 12.2. The molecule has 0 spiro atoms. The minimum atomic E-state index is -0.0650. The Morgan fingerprint density at radius 3 is 1.81 bits per heavy atom. The zero-order valence-corrected chi connectivity index (χ0v) is 36.3. The van der Waals surface area contributed by atoms with Gasteiger partial charge >= 0.3 is 0 Å². The highest BCUT2D eigenvalue weighted by Gasteiger charge is 2.44. The lowest BCUT2D eigenvalue weighted by Crippen LogP contribution is -2.41. The van der Waals surface area contributed by atoms with Gasteiger partial charge in [-0.15, -0.1) is 0 Å². The van der Waals surface area contributed by atoms with Crippen molar-refractivity contribution in [1.29, 1.82) is 0 Å². The zero-order chi connectivity index (χ0) is 42.6. The van der Waals surface area contributed by atoms with Gasteiger partial charge in [-0.3, -0.25) is 4.57 Å². The van der Waals surface area contributed by atoms with Gasteiger partial charge in [0.2, 0.25) is 5.95 Å². The molecule has 3 aromatic heterocycles. The van der Waals surface area contributed by atoms with E-state index in [2.05, 4.69) is 220 Å². The molecule has 1 aliphatic rings. The number of hydrogen-bond acceptors (Lipinski definition) is 3. The molecule has 63 heavy (non-hydrogen) atoms. The van der Waals surface area contributed by atoms with Crippen molar-refractivity contribution < 1.29 is 0 Å². The van der Waals surface area contributed by atoms with E-state index in [1.54, 1.807) is 0 Å². The average Bonchev–Trinajstić information content (AvgIpc) is 3.84. The van der Waals surface area contributed by atoms with Crippen molar-refractivity contribution in [3.8, 4) is 45.5 Å². The van der Waals surface area contributed by atoms with Crippen molar-refractivity contribution >= 4 is 54.4 Å². The van der Waals surface area contributed by atoms with E-state index >= 15 is 0 Å². The second-order valence-electron chi connectivity index (χ2n) is 18.7. The van der Waals surface area contributed by atoms with Crippen LogP contribution in [0.2, 0.25) is 0 Å². The minimum Gasteiger partial charge on any atom is -0.307 e. The molecule has 8 aromatic carbocycles. The van der Waals surface area contributed by atoms with Crippen LogP contribution >= 0.6 is 0 Å². The van der Waals surface area contributed by atoms with Crippen LogP contribution in [0.25, 0.3) is 99.9 Å². The normalized spacial score (nSPS) is 15.7. The Morgan fingerprint density at radius 2 is 1.05 bits per heavy atom. The fraction of sp³-hybridized carbons (Fsp3) is 0.155. The zero-order valence-electron chi connectivity index (χ0n) is 36.3. The Hall–Kier alpha value is -7.37. The molecular formula is C58H47N5. The molecule has 0 fully saturated rings. The van der Waals surface area contributed by atoms with Crippen LogP contribution in [-0.2, 0) is 10.8 Å². The molecule has 1 unspecified atom stereocenters. The van der Waals surface area contributed by atoms with Crippen LogP contribution in [0.4, 0.5) is 0 Å². The highest BCUT2D eigenvalue weighted by atomic mass is 15.2. The second-order valence-corrected chi connectivity index (χ2v) is 18.7. The minimum absolute atomic E-state index is 0.0281. The molecule has 3 heterocycles. The SMILES string of the molecule is CC1CC(C)(C)c2cccc(-n3c4ccccc4c4ccc5c6ccccc6n(-c6nc(-c7cccc(-c8ccccc8)c7)nc(-c7cccc8ccccc78)n6)c5c43)c2C1(C)C. The monoisotopic (exact) mass is 813 g/mol. The van der Waals surface area contributed by atoms with Gasteiger partial charge in [-0.2, -0.15) is 9.97 Å². The summed E-state index contributed by atoms with van der Waals surface area (Å²) in [6, 6.07) is 63.2. The van der Waals surface area contributed by atoms with E-state index < -0.39 is 0 Å². The van der Waals surface area contributed by atoms with Crippen LogP contribution in [-0.4, -0.2) is 24.1 Å². The summed E-state index contributed by atoms with van der Waals surface area (Å²) >= 11 is 0. The number of fused-ring (bicyclic) bond motifs is 9. The lowest BCUT2D eigenvalue weighted by atomic mass is 9.58. The number of benzene rings is 8. The third-order valence-corrected chi connectivity index (χ3v) is 14.3. The van der Waals surface area contributed by atoms with Gasteiger partial charge in [0.1, 0.15) is 0 Å². The predicted molar refractivity (Wildman–Crippen MR) is 262 cm³/mol. The number of para-hydroxylation sites is 2. The van der Waals surface area contributed by atoms with Crippen LogP contribution < -0.4 is 0 Å². The first-order chi connectivity index (χ1) is 30.7. The third-order valence-electron chi connectivity index (χ3n) is 14.3. The Morgan fingerprint density at radius 1 is 0.476 bits per heavy atom. The van der Waals surface area contributed by atoms with E-state index in [0.29, 0.717) is 23.5 Å². The fourth-order valence-electron chi connectivity index (χ4n) is 10.9. The van der Waals surface area contributed by atoms with E-state index in [-0.39, 0.29) is 10.8 Å². The molecule has 304 valence electrons. The topological polar surface area (TPSA) is 48.5 Å². The van der Waals surface area contributed by atoms with E-state index in [1.807, 2.05) is 0 Å². The standard InChI is InChI=1S/C58H47N5/c1-36-35-57(2,3)47-28-17-31-50(51(47)58(36,4)5)62-48-29-13-11-25-42(48)44-32-33-45-43-26-12-14-30-49(43)63(53(45)52(44)62)56-60-54(40-23-15-22-39(34-40)37-18-7-6-8-19-37)59-55(61-56)46-27-16-21-38-20-9-10-24-41(38)46/h6-34,36H,35H2,1-5H3. The van der Waals surface area contributed by atoms with Crippen molar-refractivity contribution in [3.63, 3.8) is 0 Å². The molecule has 0 radical (unpaired) electrons. The molecule has 0 bridgehead atoms. The fourth-order valence-corrected chi connectivity index (χ4v) is 10.9. The van der Waals surface area contributed by atoms with Crippen molar-refractivity contribution in [3.05, 3.63) is 187 Å². The highest BCUT2D eigenvalue weighted by molar-refractivity contribution is 6.23. The van der Waals surface area contributed by atoms with Crippen molar-refractivity contribution in [1.82, 2.24) is 24.1 Å². The number of rotatable bonds is 5. The Labute approximate surface area is 367 Å². The summed E-state index contributed by atoms with van der Waals surface area (Å²) in [5.41, 5.74) is 12.6. The van der Waals surface area contributed by atoms with E-state index in [1.165, 1.54) is 33.1 Å². The molecule has 0 amide bonds. The van der Waals surface area contributed by atoms with Gasteiger partial charge in [0.15, 0.2) is 11.6 Å². The van der Waals surface area contributed by atoms with Gasteiger partial charge in [-0.1, -0.05) is 186 Å². The molecule has 0 N–H and O–H groups in total. The summed E-state index contributed by atoms with van der Waals surface area (Å²) in [4.78, 5) is 16.4. The number of nitrogens with zero attached hydrogens (tertiary/aromatic N) is 5. The van der Waals surface area contributed by atoms with Gasteiger partial charge in [0.25, 0.3) is 0 Å². The second kappa shape index (κ2) is 13.8. The molecule has 1 aliphatic carbocycles. The molecule has 12 rings (SSSR count). The smallest absolute Gasteiger partial charge is 0.238 e. The average molecular weight is 814 g/mol. The van der Waals surface area contributed by atoms with Gasteiger partial charge in [0, 0.05) is 32.7 Å². The summed E-state index contributed by atoms with van der Waals surface area (Å²) in [5.74, 6) is 2.31. The lowest BCUT2D eigenvalue weighted by Gasteiger charge is -2.47. The maximum Gasteiger partial charge on any atom is 0.238 e. The van der Waals surface area contributed by atoms with Crippen molar-refractivity contribution in [2.24, 2.45) is 5.92 Å². The lowest BCUT2D eigenvalue weighted by molar-refractivity contribution is 0.233. The maximum absolute atomic E-state index is 5.52. The van der Waals surface area contributed by atoms with Gasteiger partial charge in [-0.05, 0) is 80.5 Å². The Kier molecular flexibility index (Phi) is 8.20. The largest absolute Gasteiger partial charge is 0.307 e. The molecular weight excluding hydrogens is 767 g/mol. The van der Waals surface area contributed by atoms with Crippen molar-refractivity contribution in [2.75, 3.05) is 0 Å². The molecule has 0 saturated heterocycles. The quantitative estimate of drug-likeness (QED) is 0.174. The highest BCUT2D eigenvalue weighted by Crippen LogP contribution is 2.52. The van der Waals surface area contributed by atoms with E-state index in [9.17, 15) is 0 Å². The summed E-state index contributed by atoms with van der Waals surface area (Å²) < 4.78 is 4.88. The summed E-state index contributed by atoms with van der Waals surface area (Å²) in [6.07, 6.45) is 1.14. The van der Waals surface area contributed by atoms with Gasteiger partial charge in [0.05, 0.1) is 27.8 Å². The molecule has 11 aromatic rings. The third kappa shape index (κ3) is 5.65. The van der Waals surface area contributed by atoms with Crippen molar-refractivity contribution in [2.45, 2.75) is 51.9 Å². The molecule has 0 aliphatic heterocycles. The maximum atomic E-state index is 5.52. The number of aromatic nitrogens is 5. The summed E-state index contributed by atoms with van der Waals surface area (Å²) in [5, 5.41) is 6.95. The number of hydrogen-bond donors (Lipinski definition) is 0. The molecule has 0 saturated carbocycles. The van der Waals surface area contributed by atoms with Crippen LogP contribution in [0, 0.1) is 5.92 Å². The van der Waals surface area contributed by atoms with E-state index in [4.69, 9.17) is 15.0 Å². The molecule has 5 heteroatoms. The predicted octanol–water partition coefficient (Wildman–Crippen LogP) is 14.8. The van der Waals surface area contributed by atoms with Crippen LogP contribution in [0.3, 0.4) is 0 Å². The molecule has 1 atom stereocenters. The van der Waals surface area contributed by atoms with Gasteiger partial charge in [-0.25, -0.2) is 4.98 Å². The first-order valence-electron chi connectivity index (χ1n) is 22.2. The summed E-state index contributed by atoms with van der Waals surface area (Å²) in [7, 11) is 0. The first kappa shape index (κ1) is 37.4. The van der Waals surface area contributed by atoms with Crippen LogP contribution in [0.15, 0.2) is 176 Å². The first-order valence-corrected chi connectivity index (χ1v) is 22.2.